The van der Waals surface area contributed by atoms with Gasteiger partial charge in [-0.25, -0.2) is 4.39 Å². The molecule has 0 aliphatic heterocycles. The quantitative estimate of drug-likeness (QED) is 0.384. The molecule has 1 heterocycles. The Hall–Kier alpha value is -3.59. The highest BCUT2D eigenvalue weighted by Gasteiger charge is 2.13. The van der Waals surface area contributed by atoms with Gasteiger partial charge in [-0.3, -0.25) is 0 Å². The first-order valence-electron chi connectivity index (χ1n) is 8.91. The maximum atomic E-state index is 13.9. The highest BCUT2D eigenvalue weighted by atomic mass is 19.1. The molecule has 3 heteroatoms. The van der Waals surface area contributed by atoms with Gasteiger partial charge in [0.15, 0.2) is 0 Å². The largest absolute Gasteiger partial charge is 0.355 e. The van der Waals surface area contributed by atoms with Crippen molar-refractivity contribution in [3.05, 3.63) is 103 Å². The van der Waals surface area contributed by atoms with Gasteiger partial charge in [-0.1, -0.05) is 48.5 Å². The Labute approximate surface area is 156 Å². The molecule has 0 saturated carbocycles. The summed E-state index contributed by atoms with van der Waals surface area (Å²) in [6.45, 7) is 0. The Bertz CT molecular complexity index is 1260. The number of nitrogens with zero attached hydrogens (tertiary/aromatic N) is 1. The molecule has 0 fully saturated rings. The van der Waals surface area contributed by atoms with Crippen LogP contribution in [0.25, 0.3) is 27.5 Å². The normalized spacial score (nSPS) is 11.1. The molecule has 0 aliphatic carbocycles. The number of aromatic nitrogens is 1. The number of halogens is 1. The maximum Gasteiger partial charge on any atom is 0.125 e. The highest BCUT2D eigenvalue weighted by Crippen LogP contribution is 2.34. The van der Waals surface area contributed by atoms with E-state index in [-0.39, 0.29) is 5.82 Å². The fraction of sp³-hybridized carbons (Fsp3) is 0. The molecule has 0 spiro atoms. The minimum atomic E-state index is -0.239. The van der Waals surface area contributed by atoms with Gasteiger partial charge >= 0.3 is 0 Å². The van der Waals surface area contributed by atoms with Gasteiger partial charge in [-0.2, -0.15) is 0 Å². The molecular weight excluding hydrogens is 335 g/mol. The summed E-state index contributed by atoms with van der Waals surface area (Å²) < 4.78 is 16.0. The zero-order valence-electron chi connectivity index (χ0n) is 14.6. The molecule has 4 aromatic carbocycles. The summed E-state index contributed by atoms with van der Waals surface area (Å²) in [5.41, 5.74) is 4.95. The minimum absolute atomic E-state index is 0.239. The van der Waals surface area contributed by atoms with Crippen molar-refractivity contribution >= 4 is 33.2 Å². The van der Waals surface area contributed by atoms with E-state index in [2.05, 4.69) is 40.2 Å². The van der Waals surface area contributed by atoms with Crippen molar-refractivity contribution in [3.63, 3.8) is 0 Å². The van der Waals surface area contributed by atoms with Crippen molar-refractivity contribution < 1.29 is 4.39 Å². The average molecular weight is 352 g/mol. The number of hydrogen-bond donors (Lipinski definition) is 1. The molecule has 0 amide bonds. The van der Waals surface area contributed by atoms with Crippen LogP contribution in [0.2, 0.25) is 0 Å². The summed E-state index contributed by atoms with van der Waals surface area (Å²) in [6.07, 6.45) is 0. The molecule has 0 radical (unpaired) electrons. The molecule has 0 unspecified atom stereocenters. The molecule has 5 aromatic rings. The monoisotopic (exact) mass is 352 g/mol. The summed E-state index contributed by atoms with van der Waals surface area (Å²) in [7, 11) is 0. The smallest absolute Gasteiger partial charge is 0.125 e. The Balaban J connectivity index is 1.76. The lowest BCUT2D eigenvalue weighted by Gasteiger charge is -2.10. The number of nitrogens with one attached hydrogen (secondary N) is 1. The maximum absolute atomic E-state index is 13.9. The molecular formula is C24H17FN2. The molecule has 2 nitrogen and oxygen atoms in total. The van der Waals surface area contributed by atoms with E-state index in [9.17, 15) is 4.39 Å². The molecule has 5 rings (SSSR count). The molecule has 1 aromatic heterocycles. The van der Waals surface area contributed by atoms with E-state index < -0.39 is 0 Å². The number of para-hydroxylation sites is 2. The number of fused-ring (bicyclic) bond motifs is 3. The zero-order chi connectivity index (χ0) is 18.2. The fourth-order valence-corrected chi connectivity index (χ4v) is 3.63. The first-order valence-corrected chi connectivity index (χ1v) is 8.91. The third-order valence-electron chi connectivity index (χ3n) is 4.80. The zero-order valence-corrected chi connectivity index (χ0v) is 14.6. The van der Waals surface area contributed by atoms with E-state index in [1.165, 1.54) is 6.07 Å². The van der Waals surface area contributed by atoms with E-state index in [0.717, 1.165) is 38.9 Å². The first-order chi connectivity index (χ1) is 13.3. The van der Waals surface area contributed by atoms with Crippen LogP contribution in [0.3, 0.4) is 0 Å². The minimum Gasteiger partial charge on any atom is -0.355 e. The van der Waals surface area contributed by atoms with Gasteiger partial charge in [0, 0.05) is 27.8 Å². The highest BCUT2D eigenvalue weighted by molar-refractivity contribution is 6.10. The molecule has 1 N–H and O–H groups in total. The van der Waals surface area contributed by atoms with E-state index in [1.807, 2.05) is 48.5 Å². The average Bonchev–Trinajstić information content (AvgIpc) is 3.02. The van der Waals surface area contributed by atoms with Gasteiger partial charge in [0.1, 0.15) is 5.82 Å². The second-order valence-electron chi connectivity index (χ2n) is 6.56. The van der Waals surface area contributed by atoms with Crippen LogP contribution in [0.4, 0.5) is 15.8 Å². The van der Waals surface area contributed by atoms with Gasteiger partial charge in [-0.05, 0) is 48.5 Å². The third-order valence-corrected chi connectivity index (χ3v) is 4.80. The predicted molar refractivity (Wildman–Crippen MR) is 110 cm³/mol. The molecule has 0 saturated heterocycles. The van der Waals surface area contributed by atoms with E-state index in [1.54, 1.807) is 12.1 Å². The van der Waals surface area contributed by atoms with Crippen LogP contribution < -0.4 is 5.32 Å². The van der Waals surface area contributed by atoms with Crippen molar-refractivity contribution in [2.45, 2.75) is 0 Å². The summed E-state index contributed by atoms with van der Waals surface area (Å²) in [4.78, 5) is 0. The van der Waals surface area contributed by atoms with Crippen molar-refractivity contribution in [1.29, 1.82) is 0 Å². The number of benzene rings is 4. The molecule has 27 heavy (non-hydrogen) atoms. The standard InChI is InChI=1S/C24H17FN2/c25-17-7-6-10-20(15-17)27-23-12-5-4-11-21(23)22-14-13-19(16-24(22)27)26-18-8-2-1-3-9-18/h1-16,26H. The Morgan fingerprint density at radius 1 is 0.593 bits per heavy atom. The van der Waals surface area contributed by atoms with Crippen LogP contribution in [-0.2, 0) is 0 Å². The lowest BCUT2D eigenvalue weighted by molar-refractivity contribution is 0.627. The van der Waals surface area contributed by atoms with Crippen molar-refractivity contribution in [2.75, 3.05) is 5.32 Å². The summed E-state index contributed by atoms with van der Waals surface area (Å²) in [5, 5.41) is 5.75. The summed E-state index contributed by atoms with van der Waals surface area (Å²) in [6, 6.07) is 31.4. The van der Waals surface area contributed by atoms with Crippen LogP contribution in [-0.4, -0.2) is 4.57 Å². The summed E-state index contributed by atoms with van der Waals surface area (Å²) >= 11 is 0. The predicted octanol–water partition coefficient (Wildman–Crippen LogP) is 6.67. The van der Waals surface area contributed by atoms with E-state index >= 15 is 0 Å². The second-order valence-corrected chi connectivity index (χ2v) is 6.56. The summed E-state index contributed by atoms with van der Waals surface area (Å²) in [5.74, 6) is -0.239. The first kappa shape index (κ1) is 15.6. The van der Waals surface area contributed by atoms with Crippen LogP contribution in [0.15, 0.2) is 97.1 Å². The fourth-order valence-electron chi connectivity index (χ4n) is 3.63. The second kappa shape index (κ2) is 6.29. The van der Waals surface area contributed by atoms with Gasteiger partial charge in [0.2, 0.25) is 0 Å². The lowest BCUT2D eigenvalue weighted by Crippen LogP contribution is -1.95. The van der Waals surface area contributed by atoms with Gasteiger partial charge < -0.3 is 9.88 Å². The van der Waals surface area contributed by atoms with Gasteiger partial charge in [0.25, 0.3) is 0 Å². The van der Waals surface area contributed by atoms with Crippen LogP contribution in [0.5, 0.6) is 0 Å². The Morgan fingerprint density at radius 2 is 1.37 bits per heavy atom. The molecule has 130 valence electrons. The van der Waals surface area contributed by atoms with E-state index in [0.29, 0.717) is 0 Å². The lowest BCUT2D eigenvalue weighted by atomic mass is 10.1. The van der Waals surface area contributed by atoms with Crippen molar-refractivity contribution in [2.24, 2.45) is 0 Å². The SMILES string of the molecule is Fc1cccc(-n2c3ccccc3c3ccc(Nc4ccccc4)cc32)c1. The van der Waals surface area contributed by atoms with Crippen molar-refractivity contribution in [1.82, 2.24) is 4.57 Å². The Morgan fingerprint density at radius 3 is 2.22 bits per heavy atom. The van der Waals surface area contributed by atoms with Crippen molar-refractivity contribution in [3.8, 4) is 5.69 Å². The van der Waals surface area contributed by atoms with Crippen LogP contribution >= 0.6 is 0 Å². The number of rotatable bonds is 3. The molecule has 0 aliphatic rings. The molecule has 0 bridgehead atoms. The van der Waals surface area contributed by atoms with E-state index in [4.69, 9.17) is 0 Å². The molecule has 0 atom stereocenters. The van der Waals surface area contributed by atoms with Gasteiger partial charge in [-0.15, -0.1) is 0 Å². The van der Waals surface area contributed by atoms with Gasteiger partial charge in [0.05, 0.1) is 11.0 Å². The van der Waals surface area contributed by atoms with Crippen LogP contribution in [0.1, 0.15) is 0 Å². The topological polar surface area (TPSA) is 17.0 Å². The Kier molecular flexibility index (Phi) is 3.65. The van der Waals surface area contributed by atoms with Crippen LogP contribution in [0, 0.1) is 5.82 Å². The number of anilines is 2. The third kappa shape index (κ3) is 2.74. The number of hydrogen-bond acceptors (Lipinski definition) is 1.